The largest absolute Gasteiger partial charge is 0.396 e. The SMILES string of the molecule is CC(C)(N)C1(CCO)CCCc2ccccc21. The van der Waals surface area contributed by atoms with Crippen molar-refractivity contribution in [2.45, 2.75) is 50.5 Å². The van der Waals surface area contributed by atoms with Crippen LogP contribution in [0, 0.1) is 0 Å². The van der Waals surface area contributed by atoms with E-state index in [2.05, 4.69) is 38.1 Å². The van der Waals surface area contributed by atoms with Gasteiger partial charge >= 0.3 is 0 Å². The number of aliphatic hydroxyl groups is 1. The molecule has 1 aromatic carbocycles. The standard InChI is InChI=1S/C15H23NO/c1-14(2,16)15(10-11-17)9-5-7-12-6-3-4-8-13(12)15/h3-4,6,8,17H,5,7,9-11,16H2,1-2H3. The van der Waals surface area contributed by atoms with E-state index >= 15 is 0 Å². The molecular weight excluding hydrogens is 210 g/mol. The van der Waals surface area contributed by atoms with E-state index in [0.717, 1.165) is 25.7 Å². The van der Waals surface area contributed by atoms with Crippen LogP contribution in [0.15, 0.2) is 24.3 Å². The molecular formula is C15H23NO. The summed E-state index contributed by atoms with van der Waals surface area (Å²) in [5.41, 5.74) is 8.83. The molecule has 1 aliphatic rings. The summed E-state index contributed by atoms with van der Waals surface area (Å²) in [5, 5.41) is 9.42. The van der Waals surface area contributed by atoms with Crippen LogP contribution in [0.5, 0.6) is 0 Å². The van der Waals surface area contributed by atoms with E-state index < -0.39 is 0 Å². The van der Waals surface area contributed by atoms with Crippen LogP contribution in [0.4, 0.5) is 0 Å². The van der Waals surface area contributed by atoms with Crippen molar-refractivity contribution < 1.29 is 5.11 Å². The predicted molar refractivity (Wildman–Crippen MR) is 71.0 cm³/mol. The Kier molecular flexibility index (Phi) is 3.28. The molecule has 0 radical (unpaired) electrons. The molecule has 1 aliphatic carbocycles. The van der Waals surface area contributed by atoms with E-state index in [0.29, 0.717) is 0 Å². The number of aliphatic hydroxyl groups excluding tert-OH is 1. The van der Waals surface area contributed by atoms with Gasteiger partial charge in [0, 0.05) is 17.6 Å². The van der Waals surface area contributed by atoms with Gasteiger partial charge in [-0.05, 0) is 50.7 Å². The molecule has 17 heavy (non-hydrogen) atoms. The third-order valence-corrected chi connectivity index (χ3v) is 4.35. The molecule has 0 bridgehead atoms. The lowest BCUT2D eigenvalue weighted by Gasteiger charge is -2.48. The number of fused-ring (bicyclic) bond motifs is 1. The van der Waals surface area contributed by atoms with Crippen LogP contribution < -0.4 is 5.73 Å². The molecule has 0 saturated carbocycles. The highest BCUT2D eigenvalue weighted by molar-refractivity contribution is 5.39. The first-order chi connectivity index (χ1) is 8.01. The number of hydrogen-bond donors (Lipinski definition) is 2. The normalized spacial score (nSPS) is 24.5. The summed E-state index contributed by atoms with van der Waals surface area (Å²) in [4.78, 5) is 0. The van der Waals surface area contributed by atoms with Gasteiger partial charge in [0.05, 0.1) is 0 Å². The van der Waals surface area contributed by atoms with Crippen molar-refractivity contribution in [2.24, 2.45) is 5.73 Å². The zero-order valence-electron chi connectivity index (χ0n) is 10.9. The molecule has 94 valence electrons. The predicted octanol–water partition coefficient (Wildman–Crippen LogP) is 2.38. The Morgan fingerprint density at radius 1 is 1.35 bits per heavy atom. The molecule has 2 heteroatoms. The highest BCUT2D eigenvalue weighted by atomic mass is 16.3. The highest BCUT2D eigenvalue weighted by Gasteiger charge is 2.45. The number of rotatable bonds is 3. The van der Waals surface area contributed by atoms with E-state index in [1.807, 2.05) is 0 Å². The fraction of sp³-hybridized carbons (Fsp3) is 0.600. The van der Waals surface area contributed by atoms with Crippen LogP contribution >= 0.6 is 0 Å². The number of nitrogens with two attached hydrogens (primary N) is 1. The maximum atomic E-state index is 9.42. The molecule has 0 spiro atoms. The Balaban J connectivity index is 2.55. The van der Waals surface area contributed by atoms with E-state index in [9.17, 15) is 5.11 Å². The Hall–Kier alpha value is -0.860. The lowest BCUT2D eigenvalue weighted by Crippen LogP contribution is -2.56. The van der Waals surface area contributed by atoms with E-state index in [4.69, 9.17) is 5.73 Å². The van der Waals surface area contributed by atoms with Crippen molar-refractivity contribution in [3.05, 3.63) is 35.4 Å². The zero-order chi connectivity index (χ0) is 12.5. The molecule has 0 amide bonds. The monoisotopic (exact) mass is 233 g/mol. The van der Waals surface area contributed by atoms with Crippen molar-refractivity contribution in [3.63, 3.8) is 0 Å². The first-order valence-electron chi connectivity index (χ1n) is 6.49. The lowest BCUT2D eigenvalue weighted by molar-refractivity contribution is 0.156. The van der Waals surface area contributed by atoms with E-state index in [-0.39, 0.29) is 17.6 Å². The zero-order valence-corrected chi connectivity index (χ0v) is 10.9. The van der Waals surface area contributed by atoms with Gasteiger partial charge in [0.15, 0.2) is 0 Å². The minimum atomic E-state index is -0.299. The van der Waals surface area contributed by atoms with Crippen molar-refractivity contribution in [3.8, 4) is 0 Å². The lowest BCUT2D eigenvalue weighted by atomic mass is 9.59. The summed E-state index contributed by atoms with van der Waals surface area (Å²) in [6.45, 7) is 4.38. The number of aryl methyl sites for hydroxylation is 1. The van der Waals surface area contributed by atoms with Crippen molar-refractivity contribution in [1.82, 2.24) is 0 Å². The number of hydrogen-bond acceptors (Lipinski definition) is 2. The second kappa shape index (κ2) is 4.43. The van der Waals surface area contributed by atoms with E-state index in [1.165, 1.54) is 11.1 Å². The molecule has 0 aromatic heterocycles. The van der Waals surface area contributed by atoms with Gasteiger partial charge in [-0.15, -0.1) is 0 Å². The molecule has 1 aromatic rings. The van der Waals surface area contributed by atoms with E-state index in [1.54, 1.807) is 0 Å². The smallest absolute Gasteiger partial charge is 0.0440 e. The second-order valence-electron chi connectivity index (χ2n) is 5.79. The first-order valence-corrected chi connectivity index (χ1v) is 6.49. The molecule has 2 rings (SSSR count). The Bertz CT molecular complexity index is 394. The molecule has 0 aliphatic heterocycles. The highest BCUT2D eigenvalue weighted by Crippen LogP contribution is 2.46. The Labute approximate surface area is 104 Å². The van der Waals surface area contributed by atoms with Crippen LogP contribution in [0.25, 0.3) is 0 Å². The van der Waals surface area contributed by atoms with Crippen molar-refractivity contribution in [2.75, 3.05) is 6.61 Å². The van der Waals surface area contributed by atoms with Crippen molar-refractivity contribution >= 4 is 0 Å². The van der Waals surface area contributed by atoms with Crippen LogP contribution in [0.1, 0.15) is 44.2 Å². The summed E-state index contributed by atoms with van der Waals surface area (Å²) >= 11 is 0. The van der Waals surface area contributed by atoms with Crippen LogP contribution in [0.3, 0.4) is 0 Å². The van der Waals surface area contributed by atoms with Gasteiger partial charge in [-0.2, -0.15) is 0 Å². The van der Waals surface area contributed by atoms with Gasteiger partial charge in [0.2, 0.25) is 0 Å². The molecule has 1 atom stereocenters. The number of benzene rings is 1. The fourth-order valence-corrected chi connectivity index (χ4v) is 3.36. The molecule has 3 N–H and O–H groups in total. The fourth-order valence-electron chi connectivity index (χ4n) is 3.36. The summed E-state index contributed by atoms with van der Waals surface area (Å²) < 4.78 is 0. The summed E-state index contributed by atoms with van der Waals surface area (Å²) in [6, 6.07) is 8.57. The average molecular weight is 233 g/mol. The minimum Gasteiger partial charge on any atom is -0.396 e. The van der Waals surface area contributed by atoms with Crippen LogP contribution in [-0.2, 0) is 11.8 Å². The quantitative estimate of drug-likeness (QED) is 0.842. The van der Waals surface area contributed by atoms with Gasteiger partial charge in [0.1, 0.15) is 0 Å². The van der Waals surface area contributed by atoms with Gasteiger partial charge in [-0.3, -0.25) is 0 Å². The summed E-state index contributed by atoms with van der Waals surface area (Å²) in [5.74, 6) is 0. The van der Waals surface area contributed by atoms with Gasteiger partial charge in [-0.25, -0.2) is 0 Å². The molecule has 2 nitrogen and oxygen atoms in total. The Morgan fingerprint density at radius 2 is 2.06 bits per heavy atom. The molecule has 0 fully saturated rings. The average Bonchev–Trinajstić information content (AvgIpc) is 2.28. The first kappa shape index (κ1) is 12.6. The van der Waals surface area contributed by atoms with Gasteiger partial charge in [-0.1, -0.05) is 24.3 Å². The van der Waals surface area contributed by atoms with Gasteiger partial charge < -0.3 is 10.8 Å². The topological polar surface area (TPSA) is 46.2 Å². The molecule has 0 heterocycles. The summed E-state index contributed by atoms with van der Waals surface area (Å²) in [6.07, 6.45) is 4.14. The Morgan fingerprint density at radius 3 is 2.71 bits per heavy atom. The second-order valence-corrected chi connectivity index (χ2v) is 5.79. The minimum absolute atomic E-state index is 0.0728. The van der Waals surface area contributed by atoms with Gasteiger partial charge in [0.25, 0.3) is 0 Å². The third-order valence-electron chi connectivity index (χ3n) is 4.35. The maximum absolute atomic E-state index is 9.42. The van der Waals surface area contributed by atoms with Crippen LogP contribution in [0.2, 0.25) is 0 Å². The van der Waals surface area contributed by atoms with Crippen molar-refractivity contribution in [1.29, 1.82) is 0 Å². The molecule has 0 saturated heterocycles. The third kappa shape index (κ3) is 2.00. The summed E-state index contributed by atoms with van der Waals surface area (Å²) in [7, 11) is 0. The van der Waals surface area contributed by atoms with Crippen LogP contribution in [-0.4, -0.2) is 17.3 Å². The maximum Gasteiger partial charge on any atom is 0.0440 e. The molecule has 1 unspecified atom stereocenters.